The van der Waals surface area contributed by atoms with Gasteiger partial charge >= 0.3 is 0 Å². The minimum Gasteiger partial charge on any atom is -0.144 e. The first-order valence-electron chi connectivity index (χ1n) is 7.19. The molecule has 0 radical (unpaired) electrons. The molecule has 0 aliphatic rings. The average molecular weight is 325 g/mol. The van der Waals surface area contributed by atoms with Crippen LogP contribution in [0.3, 0.4) is 0 Å². The van der Waals surface area contributed by atoms with Crippen LogP contribution in [0.5, 0.6) is 0 Å². The summed E-state index contributed by atoms with van der Waals surface area (Å²) < 4.78 is 0. The fraction of sp³-hybridized carbons (Fsp3) is 0.100. The van der Waals surface area contributed by atoms with Crippen LogP contribution >= 0.6 is 22.7 Å². The molecule has 2 aromatic rings. The van der Waals surface area contributed by atoms with Gasteiger partial charge in [0.25, 0.3) is 0 Å². The largest absolute Gasteiger partial charge is 0.144 e. The van der Waals surface area contributed by atoms with Crippen molar-refractivity contribution in [3.05, 3.63) is 92.4 Å². The van der Waals surface area contributed by atoms with E-state index in [0.717, 1.165) is 0 Å². The van der Waals surface area contributed by atoms with Gasteiger partial charge in [-0.3, -0.25) is 0 Å². The summed E-state index contributed by atoms with van der Waals surface area (Å²) in [5, 5.41) is 4.19. The molecule has 0 aliphatic heterocycles. The Hall–Kier alpha value is -1.90. The number of thiophene rings is 2. The van der Waals surface area contributed by atoms with Crippen LogP contribution in [-0.4, -0.2) is 0 Å². The van der Waals surface area contributed by atoms with Crippen molar-refractivity contribution in [2.75, 3.05) is 0 Å². The van der Waals surface area contributed by atoms with Crippen LogP contribution in [0.4, 0.5) is 0 Å². The van der Waals surface area contributed by atoms with Gasteiger partial charge in [0.1, 0.15) is 0 Å². The third-order valence-corrected chi connectivity index (χ3v) is 4.61. The molecular weight excluding hydrogens is 304 g/mol. The highest BCUT2D eigenvalue weighted by Crippen LogP contribution is 2.13. The molecule has 0 N–H and O–H groups in total. The van der Waals surface area contributed by atoms with E-state index < -0.39 is 0 Å². The third-order valence-electron chi connectivity index (χ3n) is 2.94. The molecule has 2 heteroatoms. The molecule has 0 aromatic carbocycles. The van der Waals surface area contributed by atoms with Gasteiger partial charge < -0.3 is 0 Å². The van der Waals surface area contributed by atoms with Crippen LogP contribution in [0.25, 0.3) is 12.2 Å². The lowest BCUT2D eigenvalue weighted by molar-refractivity contribution is 1.52. The summed E-state index contributed by atoms with van der Waals surface area (Å²) >= 11 is 3.51. The highest BCUT2D eigenvalue weighted by Gasteiger charge is 1.86. The first kappa shape index (κ1) is 16.5. The van der Waals surface area contributed by atoms with Gasteiger partial charge in [0.15, 0.2) is 0 Å². The maximum absolute atomic E-state index is 2.15. The lowest BCUT2D eigenvalue weighted by Gasteiger charge is -1.89. The third kappa shape index (κ3) is 6.25. The van der Waals surface area contributed by atoms with Crippen LogP contribution in [0, 0.1) is 0 Å². The Bertz CT molecular complexity index is 629. The number of hydrogen-bond acceptors (Lipinski definition) is 2. The second-order valence-corrected chi connectivity index (χ2v) is 6.86. The van der Waals surface area contributed by atoms with Gasteiger partial charge in [0, 0.05) is 9.75 Å². The van der Waals surface area contributed by atoms with Crippen molar-refractivity contribution in [1.29, 1.82) is 0 Å². The molecule has 0 saturated carbocycles. The Morgan fingerprint density at radius 3 is 1.59 bits per heavy atom. The summed E-state index contributed by atoms with van der Waals surface area (Å²) in [4.78, 5) is 2.57. The van der Waals surface area contributed by atoms with Crippen LogP contribution in [0.1, 0.15) is 23.6 Å². The molecule has 2 rings (SSSR count). The molecule has 0 nitrogen and oxygen atoms in total. The molecule has 0 bridgehead atoms. The van der Waals surface area contributed by atoms with Crippen molar-refractivity contribution in [2.24, 2.45) is 0 Å². The fourth-order valence-corrected chi connectivity index (χ4v) is 2.96. The Balaban J connectivity index is 1.85. The monoisotopic (exact) mass is 324 g/mol. The van der Waals surface area contributed by atoms with Crippen molar-refractivity contribution >= 4 is 34.8 Å². The molecule has 2 aromatic heterocycles. The van der Waals surface area contributed by atoms with E-state index in [4.69, 9.17) is 0 Å². The van der Waals surface area contributed by atoms with E-state index in [0.29, 0.717) is 0 Å². The zero-order chi connectivity index (χ0) is 15.6. The van der Waals surface area contributed by atoms with Gasteiger partial charge in [0.05, 0.1) is 0 Å². The van der Waals surface area contributed by atoms with E-state index in [9.17, 15) is 0 Å². The number of rotatable bonds is 6. The summed E-state index contributed by atoms with van der Waals surface area (Å²) in [6.07, 6.45) is 17.0. The number of hydrogen-bond donors (Lipinski definition) is 0. The maximum atomic E-state index is 2.15. The summed E-state index contributed by atoms with van der Waals surface area (Å²) in [7, 11) is 0. The summed E-state index contributed by atoms with van der Waals surface area (Å²) in [5.41, 5.74) is 2.48. The van der Waals surface area contributed by atoms with Gasteiger partial charge in [-0.25, -0.2) is 0 Å². The van der Waals surface area contributed by atoms with E-state index in [1.807, 2.05) is 0 Å². The molecule has 22 heavy (non-hydrogen) atoms. The molecule has 112 valence electrons. The molecule has 0 saturated heterocycles. The zero-order valence-electron chi connectivity index (χ0n) is 12.9. The predicted molar refractivity (Wildman–Crippen MR) is 103 cm³/mol. The molecular formula is C20H20S2. The van der Waals surface area contributed by atoms with Crippen molar-refractivity contribution in [1.82, 2.24) is 0 Å². The standard InChI is InChI=1S/C20H20S2/c1-17(11-13-19-9-5-15-21-19)7-3-4-8-18(2)12-14-20-10-6-16-22-20/h3-16H,1-2H3/b4-3+,13-11+,14-12+,17-7+,18-8+. The molecule has 0 atom stereocenters. The molecule has 0 aliphatic carbocycles. The van der Waals surface area contributed by atoms with Gasteiger partial charge in [-0.2, -0.15) is 0 Å². The Kier molecular flexibility index (Phi) is 6.88. The van der Waals surface area contributed by atoms with E-state index in [1.165, 1.54) is 20.9 Å². The van der Waals surface area contributed by atoms with Crippen LogP contribution in [-0.2, 0) is 0 Å². The average Bonchev–Trinajstić information content (AvgIpc) is 3.20. The van der Waals surface area contributed by atoms with E-state index >= 15 is 0 Å². The Labute approximate surface area is 141 Å². The van der Waals surface area contributed by atoms with Crippen molar-refractivity contribution in [3.8, 4) is 0 Å². The highest BCUT2D eigenvalue weighted by molar-refractivity contribution is 7.11. The van der Waals surface area contributed by atoms with E-state index in [2.05, 4.69) is 97.5 Å². The van der Waals surface area contributed by atoms with Crippen LogP contribution < -0.4 is 0 Å². The van der Waals surface area contributed by atoms with Crippen molar-refractivity contribution in [2.45, 2.75) is 13.8 Å². The van der Waals surface area contributed by atoms with Crippen LogP contribution in [0.15, 0.2) is 82.6 Å². The van der Waals surface area contributed by atoms with Gasteiger partial charge in [-0.15, -0.1) is 22.7 Å². The minimum atomic E-state index is 1.24. The van der Waals surface area contributed by atoms with Gasteiger partial charge in [-0.05, 0) is 48.9 Å². The normalized spacial score (nSPS) is 13.9. The second kappa shape index (κ2) is 9.19. The summed E-state index contributed by atoms with van der Waals surface area (Å²) in [6, 6.07) is 8.38. The molecule has 0 unspecified atom stereocenters. The van der Waals surface area contributed by atoms with Crippen molar-refractivity contribution in [3.63, 3.8) is 0 Å². The Morgan fingerprint density at radius 2 is 1.23 bits per heavy atom. The quantitative estimate of drug-likeness (QED) is 0.502. The predicted octanol–water partition coefficient (Wildman–Crippen LogP) is 6.99. The SMILES string of the molecule is CC(/C=C/c1cccs1)=C\C=C\C=C(C)\C=C\c1cccs1. The molecule has 2 heterocycles. The first-order valence-corrected chi connectivity index (χ1v) is 8.95. The lowest BCUT2D eigenvalue weighted by atomic mass is 10.2. The Morgan fingerprint density at radius 1 is 0.773 bits per heavy atom. The maximum Gasteiger partial charge on any atom is 0.0270 e. The zero-order valence-corrected chi connectivity index (χ0v) is 14.5. The highest BCUT2D eigenvalue weighted by atomic mass is 32.1. The van der Waals surface area contributed by atoms with Crippen molar-refractivity contribution < 1.29 is 0 Å². The molecule has 0 amide bonds. The van der Waals surface area contributed by atoms with Gasteiger partial charge in [-0.1, -0.05) is 59.7 Å². The number of allylic oxidation sites excluding steroid dienone is 8. The van der Waals surface area contributed by atoms with Gasteiger partial charge in [0.2, 0.25) is 0 Å². The topological polar surface area (TPSA) is 0 Å². The van der Waals surface area contributed by atoms with E-state index in [1.54, 1.807) is 22.7 Å². The fourth-order valence-electron chi connectivity index (χ4n) is 1.73. The van der Waals surface area contributed by atoms with E-state index in [-0.39, 0.29) is 0 Å². The second-order valence-electron chi connectivity index (χ2n) is 4.90. The molecule has 0 spiro atoms. The molecule has 0 fully saturated rings. The minimum absolute atomic E-state index is 1.24. The first-order chi connectivity index (χ1) is 10.7. The summed E-state index contributed by atoms with van der Waals surface area (Å²) in [5.74, 6) is 0. The van der Waals surface area contributed by atoms with Crippen LogP contribution in [0.2, 0.25) is 0 Å². The summed E-state index contributed by atoms with van der Waals surface area (Å²) in [6.45, 7) is 4.23. The lowest BCUT2D eigenvalue weighted by Crippen LogP contribution is -1.68. The smallest absolute Gasteiger partial charge is 0.0270 e.